The van der Waals surface area contributed by atoms with Gasteiger partial charge in [0, 0.05) is 23.7 Å². The largest absolute Gasteiger partial charge is 0.393 e. The van der Waals surface area contributed by atoms with E-state index < -0.39 is 0 Å². The molecule has 240 valence electrons. The van der Waals surface area contributed by atoms with Crippen molar-refractivity contribution in [3.05, 3.63) is 107 Å². The van der Waals surface area contributed by atoms with Crippen molar-refractivity contribution in [2.75, 3.05) is 0 Å². The Morgan fingerprint density at radius 3 is 1.16 bits per heavy atom. The summed E-state index contributed by atoms with van der Waals surface area (Å²) in [6.07, 6.45) is 32.0. The van der Waals surface area contributed by atoms with Crippen LogP contribution in [0, 0.1) is 10.8 Å². The highest BCUT2D eigenvalue weighted by atomic mass is 16.6. The van der Waals surface area contributed by atoms with Crippen molar-refractivity contribution >= 4 is 0 Å². The molecule has 2 heterocycles. The van der Waals surface area contributed by atoms with Gasteiger partial charge in [-0.25, -0.2) is 0 Å². The van der Waals surface area contributed by atoms with E-state index in [1.54, 1.807) is 0 Å². The molecule has 0 unspecified atom stereocenters. The van der Waals surface area contributed by atoms with Crippen molar-refractivity contribution < 1.29 is 19.7 Å². The van der Waals surface area contributed by atoms with Crippen molar-refractivity contribution in [1.29, 1.82) is 0 Å². The van der Waals surface area contributed by atoms with Crippen LogP contribution in [-0.4, -0.2) is 44.8 Å². The first kappa shape index (κ1) is 34.4. The third-order valence-electron chi connectivity index (χ3n) is 10.4. The second-order valence-corrected chi connectivity index (χ2v) is 15.4. The Bertz CT molecular complexity index is 1270. The van der Waals surface area contributed by atoms with Gasteiger partial charge in [0.1, 0.15) is 22.4 Å². The molecule has 0 aromatic carbocycles. The molecule has 4 nitrogen and oxygen atoms in total. The van der Waals surface area contributed by atoms with E-state index in [-0.39, 0.29) is 45.4 Å². The Kier molecular flexibility index (Phi) is 9.66. The predicted octanol–water partition coefficient (Wildman–Crippen LogP) is 8.97. The molecule has 0 spiro atoms. The summed E-state index contributed by atoms with van der Waals surface area (Å²) in [6, 6.07) is 0. The summed E-state index contributed by atoms with van der Waals surface area (Å²) < 4.78 is 12.5. The van der Waals surface area contributed by atoms with E-state index in [0.29, 0.717) is 12.8 Å². The van der Waals surface area contributed by atoms with E-state index in [9.17, 15) is 10.2 Å². The van der Waals surface area contributed by atoms with E-state index in [1.165, 1.54) is 22.3 Å². The number of rotatable bonds is 10. The lowest BCUT2D eigenvalue weighted by molar-refractivity contribution is 0.0510. The summed E-state index contributed by atoms with van der Waals surface area (Å²) in [5.41, 5.74) is 3.36. The van der Waals surface area contributed by atoms with Crippen LogP contribution in [0.4, 0.5) is 0 Å². The molecular weight excluding hydrogens is 544 g/mol. The molecule has 2 saturated heterocycles. The van der Waals surface area contributed by atoms with Gasteiger partial charge in [-0.1, -0.05) is 123 Å². The fourth-order valence-electron chi connectivity index (χ4n) is 7.99. The van der Waals surface area contributed by atoms with E-state index in [2.05, 4.69) is 154 Å². The maximum Gasteiger partial charge on any atom is 0.121 e. The van der Waals surface area contributed by atoms with Crippen LogP contribution in [0.15, 0.2) is 107 Å². The lowest BCUT2D eigenvalue weighted by atomic mass is 9.63. The highest BCUT2D eigenvalue weighted by Gasteiger charge is 2.75. The zero-order valence-electron chi connectivity index (χ0n) is 28.8. The fraction of sp³-hybridized carbons (Fsp3) is 0.550. The van der Waals surface area contributed by atoms with Crippen molar-refractivity contribution in [2.24, 2.45) is 10.8 Å². The van der Waals surface area contributed by atoms with Gasteiger partial charge in [0.05, 0.1) is 12.2 Å². The molecular formula is C40H56O4. The monoisotopic (exact) mass is 600 g/mol. The van der Waals surface area contributed by atoms with Crippen LogP contribution >= 0.6 is 0 Å². The summed E-state index contributed by atoms with van der Waals surface area (Å²) in [5, 5.41) is 20.5. The van der Waals surface area contributed by atoms with E-state index >= 15 is 0 Å². The smallest absolute Gasteiger partial charge is 0.121 e. The molecule has 6 atom stereocenters. The summed E-state index contributed by atoms with van der Waals surface area (Å²) in [7, 11) is 0. The molecule has 4 heteroatoms. The molecule has 0 aromatic rings. The van der Waals surface area contributed by atoms with Crippen LogP contribution in [0.3, 0.4) is 0 Å². The van der Waals surface area contributed by atoms with Crippen LogP contribution in [-0.2, 0) is 9.47 Å². The number of epoxide rings is 2. The zero-order valence-corrected chi connectivity index (χ0v) is 28.8. The average Bonchev–Trinajstić information content (AvgIpc) is 3.73. The third kappa shape index (κ3) is 6.84. The van der Waals surface area contributed by atoms with Gasteiger partial charge in [0.2, 0.25) is 0 Å². The van der Waals surface area contributed by atoms with Gasteiger partial charge in [0.15, 0.2) is 0 Å². The molecule has 0 radical (unpaired) electrons. The fourth-order valence-corrected chi connectivity index (χ4v) is 7.99. The molecule has 2 N–H and O–H groups in total. The van der Waals surface area contributed by atoms with Crippen molar-refractivity contribution in [3.8, 4) is 0 Å². The number of ether oxygens (including phenoxy) is 2. The number of hydrogen-bond acceptors (Lipinski definition) is 4. The van der Waals surface area contributed by atoms with Gasteiger partial charge in [-0.15, -0.1) is 0 Å². The minimum absolute atomic E-state index is 0.0969. The minimum Gasteiger partial charge on any atom is -0.393 e. The summed E-state index contributed by atoms with van der Waals surface area (Å²) in [4.78, 5) is 0. The second kappa shape index (κ2) is 12.4. The SMILES string of the molecule is CC(=C/C=C/C(C)=C/C=C/C=C(C)/C=C/C=C(C)/C=C/[C@]12O[C@@]1(C)C[C@@H](O)CC2(C)C)/C=C/[C@@]12O[C@]1(C)C[C@@H](O)CC2(C)C. The molecule has 0 aromatic heterocycles. The van der Waals surface area contributed by atoms with Crippen LogP contribution in [0.1, 0.15) is 94.9 Å². The predicted molar refractivity (Wildman–Crippen MR) is 183 cm³/mol. The molecule has 4 fully saturated rings. The highest BCUT2D eigenvalue weighted by Crippen LogP contribution is 2.67. The summed E-state index contributed by atoms with van der Waals surface area (Å²) in [6.45, 7) is 21.4. The van der Waals surface area contributed by atoms with Crippen LogP contribution < -0.4 is 0 Å². The first-order valence-corrected chi connectivity index (χ1v) is 16.3. The van der Waals surface area contributed by atoms with Crippen LogP contribution in [0.25, 0.3) is 0 Å². The van der Waals surface area contributed by atoms with Gasteiger partial charge < -0.3 is 19.7 Å². The highest BCUT2D eigenvalue weighted by molar-refractivity contribution is 5.38. The molecule has 2 aliphatic heterocycles. The molecule has 2 saturated carbocycles. The quantitative estimate of drug-likeness (QED) is 0.194. The molecule has 0 bridgehead atoms. The Labute approximate surface area is 267 Å². The maximum atomic E-state index is 10.3. The second-order valence-electron chi connectivity index (χ2n) is 15.4. The molecule has 0 amide bonds. The van der Waals surface area contributed by atoms with E-state index in [1.807, 2.05) is 0 Å². The van der Waals surface area contributed by atoms with Crippen molar-refractivity contribution in [1.82, 2.24) is 0 Å². The van der Waals surface area contributed by atoms with Crippen LogP contribution in [0.2, 0.25) is 0 Å². The van der Waals surface area contributed by atoms with Crippen molar-refractivity contribution in [2.45, 2.75) is 130 Å². The molecule has 2 aliphatic carbocycles. The number of allylic oxidation sites excluding steroid dienone is 16. The Balaban J connectivity index is 1.25. The molecule has 4 aliphatic rings. The lowest BCUT2D eigenvalue weighted by Gasteiger charge is -2.39. The number of aliphatic hydroxyl groups is 2. The Hall–Kier alpha value is -2.50. The first-order valence-electron chi connectivity index (χ1n) is 16.3. The van der Waals surface area contributed by atoms with Crippen molar-refractivity contribution in [3.63, 3.8) is 0 Å². The summed E-state index contributed by atoms with van der Waals surface area (Å²) in [5.74, 6) is 0. The normalized spacial score (nSPS) is 39.2. The van der Waals surface area contributed by atoms with Gasteiger partial charge in [-0.3, -0.25) is 0 Å². The first-order chi connectivity index (χ1) is 20.4. The maximum absolute atomic E-state index is 10.3. The number of hydrogen-bond donors (Lipinski definition) is 2. The van der Waals surface area contributed by atoms with Gasteiger partial charge in [-0.05, 0) is 66.5 Å². The molecule has 44 heavy (non-hydrogen) atoms. The zero-order chi connectivity index (χ0) is 32.6. The number of aliphatic hydroxyl groups excluding tert-OH is 2. The lowest BCUT2D eigenvalue weighted by Crippen LogP contribution is -2.46. The van der Waals surface area contributed by atoms with Gasteiger partial charge >= 0.3 is 0 Å². The summed E-state index contributed by atoms with van der Waals surface area (Å²) >= 11 is 0. The third-order valence-corrected chi connectivity index (χ3v) is 10.4. The molecule has 4 rings (SSSR count). The topological polar surface area (TPSA) is 65.5 Å². The Morgan fingerprint density at radius 2 is 0.818 bits per heavy atom. The average molecular weight is 601 g/mol. The standard InChI is InChI=1S/C40H56O4/c1-29(17-13-19-31(3)21-23-39-35(5,6)25-33(41)27-37(39,9)43-39)15-11-12-16-30(2)18-14-20-32(4)22-24-40-36(7,8)26-34(42)28-38(40,10)44-40/h11-24,33-34,41-42H,25-28H2,1-10H3/b12-11+,17-13+,18-14+,23-21+,24-22+,29-15+,30-16+,31-19-,32-20+/t33-,34-,37+,38-,39-,40+/m0/s1. The Morgan fingerprint density at radius 1 is 0.500 bits per heavy atom. The van der Waals surface area contributed by atoms with E-state index in [4.69, 9.17) is 9.47 Å². The number of fused-ring (bicyclic) bond motifs is 2. The van der Waals surface area contributed by atoms with Crippen LogP contribution in [0.5, 0.6) is 0 Å². The van der Waals surface area contributed by atoms with Gasteiger partial charge in [0.25, 0.3) is 0 Å². The van der Waals surface area contributed by atoms with Gasteiger partial charge in [-0.2, -0.15) is 0 Å². The van der Waals surface area contributed by atoms with E-state index in [0.717, 1.165) is 12.8 Å². The minimum atomic E-state index is -0.294.